The number of aromatic hydroxyl groups is 1. The second-order valence-electron chi connectivity index (χ2n) is 3.59. The van der Waals surface area contributed by atoms with E-state index in [2.05, 4.69) is 15.9 Å². The average molecular weight is 278 g/mol. The van der Waals surface area contributed by atoms with Crippen molar-refractivity contribution in [3.63, 3.8) is 0 Å². The van der Waals surface area contributed by atoms with Crippen LogP contribution in [0.5, 0.6) is 5.75 Å². The number of hydrogen-bond donors (Lipinski definition) is 2. The summed E-state index contributed by atoms with van der Waals surface area (Å²) < 4.78 is 6.38. The molecule has 0 bridgehead atoms. The van der Waals surface area contributed by atoms with E-state index >= 15 is 0 Å². The molecule has 0 saturated carbocycles. The van der Waals surface area contributed by atoms with Crippen LogP contribution in [0.25, 0.3) is 21.9 Å². The van der Waals surface area contributed by atoms with Gasteiger partial charge in [-0.05, 0) is 22.0 Å². The second-order valence-corrected chi connectivity index (χ2v) is 4.45. The molecule has 0 aliphatic carbocycles. The van der Waals surface area contributed by atoms with Gasteiger partial charge in [-0.2, -0.15) is 0 Å². The lowest BCUT2D eigenvalue weighted by atomic mass is 10.1. The van der Waals surface area contributed by atoms with Crippen molar-refractivity contribution in [3.8, 4) is 5.75 Å². The van der Waals surface area contributed by atoms with Crippen LogP contribution >= 0.6 is 15.9 Å². The molecule has 0 atom stereocenters. The Labute approximate surface area is 99.6 Å². The summed E-state index contributed by atoms with van der Waals surface area (Å²) in [6, 6.07) is 9.14. The van der Waals surface area contributed by atoms with Crippen LogP contribution in [-0.2, 0) is 0 Å². The zero-order chi connectivity index (χ0) is 11.3. The third-order valence-electron chi connectivity index (χ3n) is 2.62. The zero-order valence-electron chi connectivity index (χ0n) is 8.20. The lowest BCUT2D eigenvalue weighted by molar-refractivity contribution is 0.478. The molecule has 0 amide bonds. The van der Waals surface area contributed by atoms with Gasteiger partial charge in [-0.1, -0.05) is 18.2 Å². The number of para-hydroxylation sites is 1. The number of phenols is 1. The van der Waals surface area contributed by atoms with Gasteiger partial charge in [-0.3, -0.25) is 0 Å². The predicted octanol–water partition coefficient (Wildman–Crippen LogP) is 3.64. The highest BCUT2D eigenvalue weighted by atomic mass is 79.9. The molecule has 0 aliphatic heterocycles. The van der Waals surface area contributed by atoms with E-state index in [1.165, 1.54) is 0 Å². The molecule has 1 heterocycles. The molecule has 4 heteroatoms. The van der Waals surface area contributed by atoms with Crippen LogP contribution in [-0.4, -0.2) is 5.11 Å². The third kappa shape index (κ3) is 1.13. The minimum Gasteiger partial charge on any atom is -0.506 e. The van der Waals surface area contributed by atoms with Gasteiger partial charge in [-0.15, -0.1) is 0 Å². The van der Waals surface area contributed by atoms with Crippen molar-refractivity contribution in [3.05, 3.63) is 34.8 Å². The number of furan rings is 1. The van der Waals surface area contributed by atoms with E-state index in [1.54, 1.807) is 6.07 Å². The molecule has 2 aromatic carbocycles. The Morgan fingerprint density at radius 3 is 2.81 bits per heavy atom. The summed E-state index contributed by atoms with van der Waals surface area (Å²) in [5.41, 5.74) is 7.64. The van der Waals surface area contributed by atoms with E-state index in [-0.39, 0.29) is 5.75 Å². The summed E-state index contributed by atoms with van der Waals surface area (Å²) in [6.45, 7) is 0. The summed E-state index contributed by atoms with van der Waals surface area (Å²) in [5, 5.41) is 11.3. The number of nitrogen functional groups attached to an aromatic ring is 1. The first-order chi connectivity index (χ1) is 7.68. The van der Waals surface area contributed by atoms with E-state index < -0.39 is 0 Å². The third-order valence-corrected chi connectivity index (χ3v) is 3.21. The molecule has 0 fully saturated rings. The van der Waals surface area contributed by atoms with Crippen molar-refractivity contribution in [2.45, 2.75) is 0 Å². The molecular formula is C12H8BrNO2. The van der Waals surface area contributed by atoms with Crippen LogP contribution in [0.2, 0.25) is 0 Å². The Morgan fingerprint density at radius 1 is 1.25 bits per heavy atom. The van der Waals surface area contributed by atoms with Crippen LogP contribution in [0.4, 0.5) is 5.69 Å². The van der Waals surface area contributed by atoms with Gasteiger partial charge in [0.05, 0.1) is 15.5 Å². The van der Waals surface area contributed by atoms with Crippen LogP contribution in [0.15, 0.2) is 39.2 Å². The molecular weight excluding hydrogens is 270 g/mol. The lowest BCUT2D eigenvalue weighted by Gasteiger charge is -2.01. The normalized spacial score (nSPS) is 11.3. The number of halogens is 1. The average Bonchev–Trinajstić information content (AvgIpc) is 2.66. The van der Waals surface area contributed by atoms with Gasteiger partial charge in [0, 0.05) is 11.5 Å². The highest BCUT2D eigenvalue weighted by Gasteiger charge is 2.15. The van der Waals surface area contributed by atoms with Crippen molar-refractivity contribution in [1.82, 2.24) is 0 Å². The molecule has 3 nitrogen and oxygen atoms in total. The van der Waals surface area contributed by atoms with Gasteiger partial charge in [0.25, 0.3) is 0 Å². The Hall–Kier alpha value is -1.68. The number of fused-ring (bicyclic) bond motifs is 3. The molecule has 0 unspecified atom stereocenters. The van der Waals surface area contributed by atoms with E-state index in [0.717, 1.165) is 16.4 Å². The molecule has 3 N–H and O–H groups in total. The van der Waals surface area contributed by atoms with Crippen LogP contribution in [0.3, 0.4) is 0 Å². The van der Waals surface area contributed by atoms with Gasteiger partial charge in [0.1, 0.15) is 11.3 Å². The molecule has 3 rings (SSSR count). The molecule has 0 radical (unpaired) electrons. The maximum Gasteiger partial charge on any atom is 0.151 e. The quantitative estimate of drug-likeness (QED) is 0.487. The Bertz CT molecular complexity index is 703. The minimum atomic E-state index is 0.0610. The fraction of sp³-hybridized carbons (Fsp3) is 0. The molecule has 3 aromatic rings. The van der Waals surface area contributed by atoms with Crippen LogP contribution in [0.1, 0.15) is 0 Å². The summed E-state index contributed by atoms with van der Waals surface area (Å²) >= 11 is 3.35. The first-order valence-electron chi connectivity index (χ1n) is 4.76. The number of phenolic OH excluding ortho intramolecular Hbond substituents is 1. The SMILES string of the molecule is Nc1c(O)cc(Br)c2oc3ccccc3c12. The fourth-order valence-electron chi connectivity index (χ4n) is 1.87. The molecule has 1 aromatic heterocycles. The summed E-state index contributed by atoms with van der Waals surface area (Å²) in [4.78, 5) is 0. The molecule has 16 heavy (non-hydrogen) atoms. The van der Waals surface area contributed by atoms with E-state index in [0.29, 0.717) is 15.7 Å². The Balaban J connectivity index is 2.66. The maximum absolute atomic E-state index is 9.68. The van der Waals surface area contributed by atoms with Gasteiger partial charge in [0.15, 0.2) is 5.58 Å². The van der Waals surface area contributed by atoms with Crippen LogP contribution in [0, 0.1) is 0 Å². The van der Waals surface area contributed by atoms with Gasteiger partial charge in [0.2, 0.25) is 0 Å². The van der Waals surface area contributed by atoms with Crippen molar-refractivity contribution in [2.75, 3.05) is 5.73 Å². The largest absolute Gasteiger partial charge is 0.506 e. The van der Waals surface area contributed by atoms with Crippen molar-refractivity contribution < 1.29 is 9.52 Å². The van der Waals surface area contributed by atoms with Crippen molar-refractivity contribution in [2.24, 2.45) is 0 Å². The lowest BCUT2D eigenvalue weighted by Crippen LogP contribution is -1.86. The Morgan fingerprint density at radius 2 is 2.00 bits per heavy atom. The first kappa shape index (κ1) is 9.54. The first-order valence-corrected chi connectivity index (χ1v) is 5.56. The van der Waals surface area contributed by atoms with Gasteiger partial charge >= 0.3 is 0 Å². The molecule has 0 saturated heterocycles. The van der Waals surface area contributed by atoms with Crippen molar-refractivity contribution >= 4 is 43.6 Å². The highest BCUT2D eigenvalue weighted by Crippen LogP contribution is 2.41. The molecule has 0 spiro atoms. The van der Waals surface area contributed by atoms with E-state index in [1.807, 2.05) is 24.3 Å². The second kappa shape index (κ2) is 3.15. The number of anilines is 1. The summed E-state index contributed by atoms with van der Waals surface area (Å²) in [5.74, 6) is 0.0610. The van der Waals surface area contributed by atoms with Crippen molar-refractivity contribution in [1.29, 1.82) is 0 Å². The monoisotopic (exact) mass is 277 g/mol. The van der Waals surface area contributed by atoms with E-state index in [9.17, 15) is 5.11 Å². The fourth-order valence-corrected chi connectivity index (χ4v) is 2.37. The predicted molar refractivity (Wildman–Crippen MR) is 67.5 cm³/mol. The minimum absolute atomic E-state index is 0.0610. The maximum atomic E-state index is 9.68. The number of benzene rings is 2. The smallest absolute Gasteiger partial charge is 0.151 e. The van der Waals surface area contributed by atoms with E-state index in [4.69, 9.17) is 10.2 Å². The number of hydrogen-bond acceptors (Lipinski definition) is 3. The number of rotatable bonds is 0. The highest BCUT2D eigenvalue weighted by molar-refractivity contribution is 9.10. The molecule has 80 valence electrons. The molecule has 0 aliphatic rings. The van der Waals surface area contributed by atoms with Crippen LogP contribution < -0.4 is 5.73 Å². The number of nitrogens with two attached hydrogens (primary N) is 1. The Kier molecular flexibility index (Phi) is 1.88. The topological polar surface area (TPSA) is 59.4 Å². The summed E-state index contributed by atoms with van der Waals surface area (Å²) in [7, 11) is 0. The van der Waals surface area contributed by atoms with Gasteiger partial charge < -0.3 is 15.3 Å². The summed E-state index contributed by atoms with van der Waals surface area (Å²) in [6.07, 6.45) is 0. The zero-order valence-corrected chi connectivity index (χ0v) is 9.78. The standard InChI is InChI=1S/C12H8BrNO2/c13-7-5-8(15)11(14)10-6-3-1-2-4-9(6)16-12(7)10/h1-5,15H,14H2. The van der Waals surface area contributed by atoms with Gasteiger partial charge in [-0.25, -0.2) is 0 Å².